The number of carbonyl (C=O) groups is 1. The van der Waals surface area contributed by atoms with Crippen molar-refractivity contribution < 1.29 is 18.0 Å². The van der Waals surface area contributed by atoms with Gasteiger partial charge in [-0.1, -0.05) is 6.07 Å². The molecular weight excluding hydrogens is 324 g/mol. The van der Waals surface area contributed by atoms with E-state index >= 15 is 0 Å². The zero-order valence-electron chi connectivity index (χ0n) is 11.9. The number of nitrogens with one attached hydrogen (secondary N) is 1. The van der Waals surface area contributed by atoms with Gasteiger partial charge in [0, 0.05) is 10.9 Å². The van der Waals surface area contributed by atoms with Crippen LogP contribution >= 0.6 is 11.3 Å². The van der Waals surface area contributed by atoms with E-state index < -0.39 is 17.5 Å². The zero-order valence-corrected chi connectivity index (χ0v) is 12.7. The first-order chi connectivity index (χ1) is 11.0. The molecule has 2 heterocycles. The third-order valence-corrected chi connectivity index (χ3v) is 4.15. The average molecular weight is 335 g/mol. The first kappa shape index (κ1) is 15.3. The Kier molecular flexibility index (Phi) is 4.16. The van der Waals surface area contributed by atoms with Gasteiger partial charge in [0.2, 0.25) is 0 Å². The van der Waals surface area contributed by atoms with Crippen LogP contribution in [-0.2, 0) is 0 Å². The molecule has 0 saturated carbocycles. The van der Waals surface area contributed by atoms with E-state index in [4.69, 9.17) is 4.42 Å². The van der Waals surface area contributed by atoms with Crippen molar-refractivity contribution in [2.24, 2.45) is 0 Å². The minimum absolute atomic E-state index is 0.0655. The highest BCUT2D eigenvalue weighted by molar-refractivity contribution is 7.10. The van der Waals surface area contributed by atoms with Crippen LogP contribution in [0.15, 0.2) is 40.1 Å². The minimum Gasteiger partial charge on any atom is -0.412 e. The molecule has 0 aliphatic rings. The molecule has 0 radical (unpaired) electrons. The van der Waals surface area contributed by atoms with Crippen LogP contribution in [0.5, 0.6) is 0 Å². The zero-order chi connectivity index (χ0) is 16.4. The van der Waals surface area contributed by atoms with E-state index in [2.05, 4.69) is 15.5 Å². The molecule has 2 aromatic heterocycles. The highest BCUT2D eigenvalue weighted by Gasteiger charge is 2.20. The van der Waals surface area contributed by atoms with Crippen LogP contribution in [0.3, 0.4) is 0 Å². The van der Waals surface area contributed by atoms with Gasteiger partial charge in [-0.25, -0.2) is 8.78 Å². The summed E-state index contributed by atoms with van der Waals surface area (Å²) in [6.07, 6.45) is 0. The Morgan fingerprint density at radius 1 is 1.30 bits per heavy atom. The lowest BCUT2D eigenvalue weighted by Gasteiger charge is -2.09. The maximum atomic E-state index is 13.7. The van der Waals surface area contributed by atoms with Gasteiger partial charge >= 0.3 is 11.8 Å². The molecule has 0 aliphatic carbocycles. The summed E-state index contributed by atoms with van der Waals surface area (Å²) in [6, 6.07) is 6.50. The molecular formula is C15H11F2N3O2S. The summed E-state index contributed by atoms with van der Waals surface area (Å²) in [5.41, 5.74) is -0.0655. The Bertz CT molecular complexity index is 833. The quantitative estimate of drug-likeness (QED) is 0.791. The molecule has 0 aliphatic heterocycles. The van der Waals surface area contributed by atoms with Gasteiger partial charge in [-0.3, -0.25) is 4.79 Å². The van der Waals surface area contributed by atoms with Crippen LogP contribution in [0, 0.1) is 11.6 Å². The number of hydrogen-bond donors (Lipinski definition) is 1. The smallest absolute Gasteiger partial charge is 0.309 e. The Hall–Kier alpha value is -2.61. The predicted octanol–water partition coefficient (Wildman–Crippen LogP) is 3.57. The van der Waals surface area contributed by atoms with Gasteiger partial charge in [0.1, 0.15) is 11.6 Å². The fourth-order valence-corrected chi connectivity index (χ4v) is 2.69. The van der Waals surface area contributed by atoms with Crippen molar-refractivity contribution in [2.45, 2.75) is 13.0 Å². The largest absolute Gasteiger partial charge is 0.412 e. The van der Waals surface area contributed by atoms with Crippen molar-refractivity contribution in [2.75, 3.05) is 0 Å². The average Bonchev–Trinajstić information content (AvgIpc) is 3.19. The number of carbonyl (C=O) groups excluding carboxylic acids is 1. The van der Waals surface area contributed by atoms with E-state index in [1.165, 1.54) is 17.4 Å². The normalized spacial score (nSPS) is 12.1. The second-order valence-electron chi connectivity index (χ2n) is 4.75. The van der Waals surface area contributed by atoms with Crippen LogP contribution in [0.1, 0.15) is 28.5 Å². The Balaban J connectivity index is 1.77. The molecule has 0 fully saturated rings. The molecule has 3 rings (SSSR count). The molecule has 0 spiro atoms. The minimum atomic E-state index is -0.840. The van der Waals surface area contributed by atoms with Crippen molar-refractivity contribution in [3.05, 3.63) is 58.1 Å². The highest BCUT2D eigenvalue weighted by Crippen LogP contribution is 2.23. The second-order valence-corrected chi connectivity index (χ2v) is 5.73. The molecule has 1 aromatic carbocycles. The number of halogens is 2. The van der Waals surface area contributed by atoms with E-state index in [9.17, 15) is 13.6 Å². The van der Waals surface area contributed by atoms with Gasteiger partial charge < -0.3 is 9.73 Å². The number of nitrogens with zero attached hydrogens (tertiary/aromatic N) is 2. The van der Waals surface area contributed by atoms with E-state index in [1.54, 1.807) is 0 Å². The summed E-state index contributed by atoms with van der Waals surface area (Å²) < 4.78 is 31.8. The standard InChI is InChI=1S/C15H11F2N3O2S/c1-8(12-3-2-6-23-12)18-13(21)15-20-19-14(22-15)10-5-4-9(16)7-11(10)17/h2-8H,1H3,(H,18,21)/t8-/m1/s1. The number of hydrogen-bond acceptors (Lipinski definition) is 5. The van der Waals surface area contributed by atoms with E-state index in [-0.39, 0.29) is 23.4 Å². The van der Waals surface area contributed by atoms with Crippen molar-refractivity contribution in [3.8, 4) is 11.5 Å². The van der Waals surface area contributed by atoms with Gasteiger partial charge in [0.15, 0.2) is 0 Å². The van der Waals surface area contributed by atoms with Crippen molar-refractivity contribution >= 4 is 17.2 Å². The van der Waals surface area contributed by atoms with Crippen LogP contribution in [0.25, 0.3) is 11.5 Å². The Morgan fingerprint density at radius 3 is 2.83 bits per heavy atom. The highest BCUT2D eigenvalue weighted by atomic mass is 32.1. The van der Waals surface area contributed by atoms with Crippen LogP contribution in [-0.4, -0.2) is 16.1 Å². The maximum absolute atomic E-state index is 13.7. The SMILES string of the molecule is C[C@@H](NC(=O)c1nnc(-c2ccc(F)cc2F)o1)c1cccs1. The van der Waals surface area contributed by atoms with Gasteiger partial charge in [-0.2, -0.15) is 0 Å². The molecule has 8 heteroatoms. The monoisotopic (exact) mass is 335 g/mol. The lowest BCUT2D eigenvalue weighted by atomic mass is 10.2. The van der Waals surface area contributed by atoms with Gasteiger partial charge in [0.25, 0.3) is 5.89 Å². The molecule has 5 nitrogen and oxygen atoms in total. The molecule has 0 bridgehead atoms. The molecule has 3 aromatic rings. The topological polar surface area (TPSA) is 68.0 Å². The fraction of sp³-hybridized carbons (Fsp3) is 0.133. The number of amides is 1. The molecule has 1 N–H and O–H groups in total. The summed E-state index contributed by atoms with van der Waals surface area (Å²) in [5.74, 6) is -2.59. The molecule has 0 saturated heterocycles. The van der Waals surface area contributed by atoms with E-state index in [0.29, 0.717) is 6.07 Å². The van der Waals surface area contributed by atoms with Crippen LogP contribution < -0.4 is 5.32 Å². The Morgan fingerprint density at radius 2 is 2.13 bits per heavy atom. The van der Waals surface area contributed by atoms with Crippen LogP contribution in [0.2, 0.25) is 0 Å². The summed E-state index contributed by atoms with van der Waals surface area (Å²) >= 11 is 1.51. The first-order valence-corrected chi connectivity index (χ1v) is 7.56. The van der Waals surface area contributed by atoms with Crippen molar-refractivity contribution in [3.63, 3.8) is 0 Å². The molecule has 0 unspecified atom stereocenters. The summed E-state index contributed by atoms with van der Waals surface area (Å²) in [6.45, 7) is 1.82. The molecule has 1 amide bonds. The van der Waals surface area contributed by atoms with Crippen LogP contribution in [0.4, 0.5) is 8.78 Å². The molecule has 23 heavy (non-hydrogen) atoms. The fourth-order valence-electron chi connectivity index (χ4n) is 1.95. The lowest BCUT2D eigenvalue weighted by molar-refractivity contribution is 0.0906. The van der Waals surface area contributed by atoms with Crippen molar-refractivity contribution in [1.29, 1.82) is 0 Å². The number of thiophene rings is 1. The van der Waals surface area contributed by atoms with Crippen molar-refractivity contribution in [1.82, 2.24) is 15.5 Å². The van der Waals surface area contributed by atoms with Gasteiger partial charge in [0.05, 0.1) is 11.6 Å². The van der Waals surface area contributed by atoms with Gasteiger partial charge in [-0.15, -0.1) is 21.5 Å². The lowest BCUT2D eigenvalue weighted by Crippen LogP contribution is -2.26. The first-order valence-electron chi connectivity index (χ1n) is 6.68. The summed E-state index contributed by atoms with van der Waals surface area (Å²) in [7, 11) is 0. The third kappa shape index (κ3) is 3.26. The summed E-state index contributed by atoms with van der Waals surface area (Å²) in [5, 5.41) is 11.8. The second kappa shape index (κ2) is 6.25. The maximum Gasteiger partial charge on any atom is 0.309 e. The molecule has 1 atom stereocenters. The Labute approximate surface area is 134 Å². The number of rotatable bonds is 4. The number of benzene rings is 1. The van der Waals surface area contributed by atoms with E-state index in [1.807, 2.05) is 24.4 Å². The van der Waals surface area contributed by atoms with E-state index in [0.717, 1.165) is 10.9 Å². The summed E-state index contributed by atoms with van der Waals surface area (Å²) in [4.78, 5) is 13.1. The number of aromatic nitrogens is 2. The molecule has 118 valence electrons. The predicted molar refractivity (Wildman–Crippen MR) is 79.9 cm³/mol. The van der Waals surface area contributed by atoms with Gasteiger partial charge in [-0.05, 0) is 30.5 Å². The third-order valence-electron chi connectivity index (χ3n) is 3.10.